The monoisotopic (exact) mass is 337 g/mol. The highest BCUT2D eigenvalue weighted by Gasteiger charge is 2.26. The molecule has 23 heavy (non-hydrogen) atoms. The Balaban J connectivity index is 2.20. The molecule has 2 N–H and O–H groups in total. The molecule has 1 aliphatic rings. The number of carbonyl (C=O) groups excluding carboxylic acids is 2. The van der Waals surface area contributed by atoms with Crippen molar-refractivity contribution in [2.24, 2.45) is 5.10 Å². The molecule has 2 rings (SSSR count). The summed E-state index contributed by atoms with van der Waals surface area (Å²) in [6.07, 6.45) is 0.104. The summed E-state index contributed by atoms with van der Waals surface area (Å²) in [5, 5.41) is 17.1. The number of carbonyl (C=O) groups is 3. The van der Waals surface area contributed by atoms with E-state index in [9.17, 15) is 14.4 Å². The molecule has 122 valence electrons. The highest BCUT2D eigenvalue weighted by molar-refractivity contribution is 6.39. The molecule has 0 unspecified atom stereocenters. The summed E-state index contributed by atoms with van der Waals surface area (Å²) in [5.74, 6) is -1.74. The van der Waals surface area contributed by atoms with E-state index in [0.717, 1.165) is 5.01 Å². The average Bonchev–Trinajstić information content (AvgIpc) is 2.49. The third-order valence-corrected chi connectivity index (χ3v) is 3.78. The molecular formula is C15H16ClN3O4. The Morgan fingerprint density at radius 3 is 2.70 bits per heavy atom. The molecule has 0 aromatic heterocycles. The van der Waals surface area contributed by atoms with Gasteiger partial charge in [0.2, 0.25) is 5.91 Å². The van der Waals surface area contributed by atoms with Gasteiger partial charge in [-0.1, -0.05) is 29.8 Å². The summed E-state index contributed by atoms with van der Waals surface area (Å²) >= 11 is 6.09. The van der Waals surface area contributed by atoms with Crippen LogP contribution in [0.5, 0.6) is 0 Å². The molecule has 0 fully saturated rings. The number of nitrogens with one attached hydrogen (secondary N) is 1. The largest absolute Gasteiger partial charge is 0.481 e. The van der Waals surface area contributed by atoms with Gasteiger partial charge in [-0.2, -0.15) is 5.10 Å². The molecule has 0 radical (unpaired) electrons. The number of rotatable bonds is 5. The lowest BCUT2D eigenvalue weighted by Gasteiger charge is -2.22. The minimum atomic E-state index is -1.06. The molecule has 7 nitrogen and oxygen atoms in total. The van der Waals surface area contributed by atoms with Crippen LogP contribution in [0, 0.1) is 0 Å². The molecule has 1 atom stereocenters. The molecular weight excluding hydrogens is 322 g/mol. The standard InChI is InChI=1S/C15H16ClN3O4/c1-19-13(20)7-6-11(18-19)15(23)17-12(8-14(21)22)9-4-2-3-5-10(9)16/h2-5,12H,6-8H2,1H3,(H,17,23)(H,21,22)/t12-/m0/s1. The lowest BCUT2D eigenvalue weighted by atomic mass is 10.0. The first-order valence-electron chi connectivity index (χ1n) is 6.99. The zero-order chi connectivity index (χ0) is 17.0. The van der Waals surface area contributed by atoms with E-state index in [1.165, 1.54) is 7.05 Å². The summed E-state index contributed by atoms with van der Waals surface area (Å²) in [7, 11) is 1.47. The Bertz CT molecular complexity index is 674. The van der Waals surface area contributed by atoms with Gasteiger partial charge in [-0.05, 0) is 11.6 Å². The van der Waals surface area contributed by atoms with Crippen molar-refractivity contribution < 1.29 is 19.5 Å². The van der Waals surface area contributed by atoms with Gasteiger partial charge in [0.15, 0.2) is 0 Å². The third-order valence-electron chi connectivity index (χ3n) is 3.43. The number of hydrogen-bond donors (Lipinski definition) is 2. The molecule has 2 amide bonds. The van der Waals surface area contributed by atoms with E-state index >= 15 is 0 Å². The van der Waals surface area contributed by atoms with Crippen LogP contribution in [0.15, 0.2) is 29.4 Å². The molecule has 1 aromatic carbocycles. The summed E-state index contributed by atoms with van der Waals surface area (Å²) in [5.41, 5.74) is 0.709. The van der Waals surface area contributed by atoms with Crippen LogP contribution in [0.1, 0.15) is 30.9 Å². The number of hydrazone groups is 1. The number of hydrogen-bond acceptors (Lipinski definition) is 4. The van der Waals surface area contributed by atoms with Crippen LogP contribution in [0.3, 0.4) is 0 Å². The smallest absolute Gasteiger partial charge is 0.305 e. The van der Waals surface area contributed by atoms with Crippen LogP contribution in [-0.2, 0) is 14.4 Å². The quantitative estimate of drug-likeness (QED) is 0.852. The number of carboxylic acids is 1. The molecule has 1 heterocycles. The van der Waals surface area contributed by atoms with Gasteiger partial charge in [-0.3, -0.25) is 14.4 Å². The maximum atomic E-state index is 12.3. The van der Waals surface area contributed by atoms with Crippen molar-refractivity contribution >= 4 is 35.1 Å². The number of nitrogens with zero attached hydrogens (tertiary/aromatic N) is 2. The average molecular weight is 338 g/mol. The normalized spacial score (nSPS) is 15.8. The SMILES string of the molecule is CN1N=C(C(=O)N[C@@H](CC(=O)O)c2ccccc2Cl)CCC1=O. The van der Waals surface area contributed by atoms with Gasteiger partial charge < -0.3 is 10.4 Å². The fourth-order valence-electron chi connectivity index (χ4n) is 2.25. The first kappa shape index (κ1) is 17.0. The maximum absolute atomic E-state index is 12.3. The Hall–Kier alpha value is -2.41. The van der Waals surface area contributed by atoms with Crippen LogP contribution < -0.4 is 5.32 Å². The fourth-order valence-corrected chi connectivity index (χ4v) is 2.51. The minimum absolute atomic E-state index is 0.172. The van der Waals surface area contributed by atoms with Crippen molar-refractivity contribution in [2.45, 2.75) is 25.3 Å². The van der Waals surface area contributed by atoms with E-state index in [0.29, 0.717) is 10.6 Å². The molecule has 0 saturated carbocycles. The number of aliphatic carboxylic acids is 1. The van der Waals surface area contributed by atoms with Gasteiger partial charge in [0.1, 0.15) is 5.71 Å². The predicted molar refractivity (Wildman–Crippen MR) is 84.0 cm³/mol. The highest BCUT2D eigenvalue weighted by atomic mass is 35.5. The molecule has 8 heteroatoms. The third kappa shape index (κ3) is 4.29. The van der Waals surface area contributed by atoms with Crippen LogP contribution in [0.4, 0.5) is 0 Å². The number of benzene rings is 1. The lowest BCUT2D eigenvalue weighted by Crippen LogP contribution is -2.39. The van der Waals surface area contributed by atoms with Gasteiger partial charge >= 0.3 is 5.97 Å². The zero-order valence-corrected chi connectivity index (χ0v) is 13.2. The van der Waals surface area contributed by atoms with Crippen molar-refractivity contribution in [3.63, 3.8) is 0 Å². The number of carboxylic acid groups (broad SMARTS) is 1. The Morgan fingerprint density at radius 2 is 2.09 bits per heavy atom. The van der Waals surface area contributed by atoms with E-state index in [-0.39, 0.29) is 30.9 Å². The summed E-state index contributed by atoms with van der Waals surface area (Å²) < 4.78 is 0. The van der Waals surface area contributed by atoms with Crippen molar-refractivity contribution in [3.05, 3.63) is 34.9 Å². The van der Waals surface area contributed by atoms with Gasteiger partial charge in [0.25, 0.3) is 5.91 Å². The van der Waals surface area contributed by atoms with Crippen LogP contribution in [0.25, 0.3) is 0 Å². The summed E-state index contributed by atoms with van der Waals surface area (Å²) in [6.45, 7) is 0. The maximum Gasteiger partial charge on any atom is 0.305 e. The zero-order valence-electron chi connectivity index (χ0n) is 12.5. The van der Waals surface area contributed by atoms with E-state index in [2.05, 4.69) is 10.4 Å². The van der Waals surface area contributed by atoms with Crippen LogP contribution in [0.2, 0.25) is 5.02 Å². The second-order valence-electron chi connectivity index (χ2n) is 5.11. The van der Waals surface area contributed by atoms with Crippen molar-refractivity contribution in [3.8, 4) is 0 Å². The topological polar surface area (TPSA) is 99.1 Å². The predicted octanol–water partition coefficient (Wildman–Crippen LogP) is 1.58. The van der Waals surface area contributed by atoms with E-state index in [1.54, 1.807) is 24.3 Å². The van der Waals surface area contributed by atoms with Crippen molar-refractivity contribution in [2.75, 3.05) is 7.05 Å². The second kappa shape index (κ2) is 7.23. The highest BCUT2D eigenvalue weighted by Crippen LogP contribution is 2.25. The van der Waals surface area contributed by atoms with E-state index < -0.39 is 17.9 Å². The minimum Gasteiger partial charge on any atom is -0.481 e. The molecule has 0 spiro atoms. The molecule has 1 aromatic rings. The Labute approximate surface area is 137 Å². The summed E-state index contributed by atoms with van der Waals surface area (Å²) in [6, 6.07) is 5.94. The molecule has 1 aliphatic heterocycles. The van der Waals surface area contributed by atoms with E-state index in [1.807, 2.05) is 0 Å². The first-order chi connectivity index (χ1) is 10.9. The van der Waals surface area contributed by atoms with Gasteiger partial charge in [0.05, 0.1) is 12.5 Å². The van der Waals surface area contributed by atoms with E-state index in [4.69, 9.17) is 16.7 Å². The first-order valence-corrected chi connectivity index (χ1v) is 7.37. The molecule has 0 bridgehead atoms. The van der Waals surface area contributed by atoms with Crippen molar-refractivity contribution in [1.29, 1.82) is 0 Å². The van der Waals surface area contributed by atoms with Crippen LogP contribution in [-0.4, -0.2) is 40.7 Å². The summed E-state index contributed by atoms with van der Waals surface area (Å²) in [4.78, 5) is 34.8. The Kier molecular flexibility index (Phi) is 5.33. The van der Waals surface area contributed by atoms with Crippen molar-refractivity contribution in [1.82, 2.24) is 10.3 Å². The number of amides is 2. The lowest BCUT2D eigenvalue weighted by molar-refractivity contribution is -0.137. The molecule has 0 saturated heterocycles. The van der Waals surface area contributed by atoms with Gasteiger partial charge in [-0.25, -0.2) is 5.01 Å². The van der Waals surface area contributed by atoms with Gasteiger partial charge in [0, 0.05) is 24.9 Å². The second-order valence-corrected chi connectivity index (χ2v) is 5.52. The molecule has 0 aliphatic carbocycles. The Morgan fingerprint density at radius 1 is 1.39 bits per heavy atom. The van der Waals surface area contributed by atoms with Crippen LogP contribution >= 0.6 is 11.6 Å². The van der Waals surface area contributed by atoms with Gasteiger partial charge in [-0.15, -0.1) is 0 Å². The fraction of sp³-hybridized carbons (Fsp3) is 0.333. The number of halogens is 1.